The summed E-state index contributed by atoms with van der Waals surface area (Å²) in [6.45, 7) is 0.327. The Morgan fingerprint density at radius 2 is 1.86 bits per heavy atom. The average Bonchev–Trinajstić information content (AvgIpc) is 2.89. The Bertz CT molecular complexity index is 836. The molecule has 1 aliphatic carbocycles. The number of nitrogens with zero attached hydrogens (tertiary/aromatic N) is 2. The van der Waals surface area contributed by atoms with Crippen LogP contribution in [0.3, 0.4) is 0 Å². The Morgan fingerprint density at radius 1 is 1.11 bits per heavy atom. The Labute approximate surface area is 161 Å². The standard InChI is InChI=1S/C20H23F2N3O3/c21-13-11-15(22)14-5-4-9-24(16(14)12-13)17(26)6-10-25-18(27)20(23-19(25)28)7-2-1-3-8-20/h11-12H,1-10H2,(H,23,28). The number of hydrogen-bond acceptors (Lipinski definition) is 3. The van der Waals surface area contributed by atoms with Gasteiger partial charge in [0.05, 0.1) is 5.69 Å². The van der Waals surface area contributed by atoms with Gasteiger partial charge in [-0.2, -0.15) is 0 Å². The third-order valence-electron chi connectivity index (χ3n) is 6.04. The molecule has 0 bridgehead atoms. The van der Waals surface area contributed by atoms with Crippen LogP contribution in [0.5, 0.6) is 0 Å². The average molecular weight is 391 g/mol. The van der Waals surface area contributed by atoms with Gasteiger partial charge in [-0.15, -0.1) is 0 Å². The van der Waals surface area contributed by atoms with E-state index in [0.29, 0.717) is 37.8 Å². The van der Waals surface area contributed by atoms with Crippen molar-refractivity contribution in [2.75, 3.05) is 18.0 Å². The van der Waals surface area contributed by atoms with E-state index in [-0.39, 0.29) is 30.5 Å². The second-order valence-corrected chi connectivity index (χ2v) is 7.81. The molecule has 1 aromatic rings. The van der Waals surface area contributed by atoms with Crippen molar-refractivity contribution in [1.29, 1.82) is 0 Å². The lowest BCUT2D eigenvalue weighted by Gasteiger charge is -2.31. The van der Waals surface area contributed by atoms with E-state index in [1.165, 1.54) is 11.0 Å². The molecule has 3 aliphatic rings. The second-order valence-electron chi connectivity index (χ2n) is 7.81. The Kier molecular flexibility index (Phi) is 4.81. The number of halogens is 2. The number of anilines is 1. The number of nitrogens with one attached hydrogen (secondary N) is 1. The van der Waals surface area contributed by atoms with Crippen LogP contribution in [0.4, 0.5) is 19.3 Å². The molecule has 150 valence electrons. The zero-order chi connectivity index (χ0) is 19.9. The van der Waals surface area contributed by atoms with Gasteiger partial charge in [0.25, 0.3) is 5.91 Å². The molecule has 0 unspecified atom stereocenters. The first-order chi connectivity index (χ1) is 13.4. The van der Waals surface area contributed by atoms with E-state index in [2.05, 4.69) is 5.32 Å². The van der Waals surface area contributed by atoms with Gasteiger partial charge in [0.2, 0.25) is 5.91 Å². The summed E-state index contributed by atoms with van der Waals surface area (Å²) in [5.41, 5.74) is -0.241. The number of carbonyl (C=O) groups is 3. The monoisotopic (exact) mass is 391 g/mol. The molecule has 0 aromatic heterocycles. The molecule has 1 saturated carbocycles. The van der Waals surface area contributed by atoms with Crippen molar-refractivity contribution in [3.63, 3.8) is 0 Å². The summed E-state index contributed by atoms with van der Waals surface area (Å²) in [6, 6.07) is 1.53. The van der Waals surface area contributed by atoms with Crippen LogP contribution >= 0.6 is 0 Å². The minimum Gasteiger partial charge on any atom is -0.323 e. The third kappa shape index (κ3) is 3.14. The summed E-state index contributed by atoms with van der Waals surface area (Å²) in [6.07, 6.45) is 5.02. The number of amides is 4. The zero-order valence-corrected chi connectivity index (χ0v) is 15.6. The molecule has 1 aromatic carbocycles. The summed E-state index contributed by atoms with van der Waals surface area (Å²) in [5.74, 6) is -2.00. The normalized spacial score (nSPS) is 21.1. The highest BCUT2D eigenvalue weighted by Crippen LogP contribution is 2.34. The van der Waals surface area contributed by atoms with E-state index >= 15 is 0 Å². The molecule has 2 heterocycles. The van der Waals surface area contributed by atoms with Gasteiger partial charge in [0, 0.05) is 31.1 Å². The maximum atomic E-state index is 14.0. The Morgan fingerprint density at radius 3 is 2.61 bits per heavy atom. The number of rotatable bonds is 3. The van der Waals surface area contributed by atoms with E-state index in [0.717, 1.165) is 30.2 Å². The number of hydrogen-bond donors (Lipinski definition) is 1. The van der Waals surface area contributed by atoms with Crippen LogP contribution in [-0.2, 0) is 16.0 Å². The minimum absolute atomic E-state index is 0.0329. The highest BCUT2D eigenvalue weighted by Gasteiger charge is 2.51. The van der Waals surface area contributed by atoms with Gasteiger partial charge < -0.3 is 10.2 Å². The maximum Gasteiger partial charge on any atom is 0.325 e. The third-order valence-corrected chi connectivity index (χ3v) is 6.04. The molecule has 8 heteroatoms. The van der Waals surface area contributed by atoms with Crippen LogP contribution in [0.1, 0.15) is 50.5 Å². The molecule has 1 N–H and O–H groups in total. The van der Waals surface area contributed by atoms with Crippen LogP contribution in [0.2, 0.25) is 0 Å². The lowest BCUT2D eigenvalue weighted by molar-refractivity contribution is -0.132. The van der Waals surface area contributed by atoms with Crippen LogP contribution in [0.15, 0.2) is 12.1 Å². The van der Waals surface area contributed by atoms with Crippen LogP contribution in [0, 0.1) is 11.6 Å². The van der Waals surface area contributed by atoms with E-state index in [1.807, 2.05) is 0 Å². The lowest BCUT2D eigenvalue weighted by Crippen LogP contribution is -2.48. The van der Waals surface area contributed by atoms with E-state index in [9.17, 15) is 23.2 Å². The Balaban J connectivity index is 1.46. The summed E-state index contributed by atoms with van der Waals surface area (Å²) in [4.78, 5) is 40.3. The fourth-order valence-corrected chi connectivity index (χ4v) is 4.59. The fraction of sp³-hybridized carbons (Fsp3) is 0.550. The number of benzene rings is 1. The Hall–Kier alpha value is -2.51. The van der Waals surface area contributed by atoms with Crippen molar-refractivity contribution in [2.24, 2.45) is 0 Å². The van der Waals surface area contributed by atoms with Gasteiger partial charge in [0.1, 0.15) is 17.2 Å². The molecule has 2 aliphatic heterocycles. The van der Waals surface area contributed by atoms with Crippen molar-refractivity contribution >= 4 is 23.5 Å². The fourth-order valence-electron chi connectivity index (χ4n) is 4.59. The molecular formula is C20H23F2N3O3. The molecule has 4 rings (SSSR count). The number of carbonyl (C=O) groups excluding carboxylic acids is 3. The van der Waals surface area contributed by atoms with Crippen LogP contribution in [0.25, 0.3) is 0 Å². The van der Waals surface area contributed by atoms with Crippen LogP contribution in [-0.4, -0.2) is 41.4 Å². The quantitative estimate of drug-likeness (QED) is 0.806. The van der Waals surface area contributed by atoms with Gasteiger partial charge in [0.15, 0.2) is 0 Å². The smallest absolute Gasteiger partial charge is 0.323 e. The summed E-state index contributed by atoms with van der Waals surface area (Å²) in [5, 5.41) is 2.82. The van der Waals surface area contributed by atoms with E-state index < -0.39 is 23.2 Å². The molecule has 1 spiro atoms. The number of fused-ring (bicyclic) bond motifs is 1. The summed E-state index contributed by atoms with van der Waals surface area (Å²) in [7, 11) is 0. The summed E-state index contributed by atoms with van der Waals surface area (Å²) >= 11 is 0. The summed E-state index contributed by atoms with van der Waals surface area (Å²) < 4.78 is 27.7. The predicted molar refractivity (Wildman–Crippen MR) is 97.7 cm³/mol. The van der Waals surface area contributed by atoms with Gasteiger partial charge in [-0.3, -0.25) is 14.5 Å². The molecule has 0 atom stereocenters. The zero-order valence-electron chi connectivity index (χ0n) is 15.6. The number of imide groups is 1. The molecule has 2 fully saturated rings. The first kappa shape index (κ1) is 18.8. The van der Waals surface area contributed by atoms with Gasteiger partial charge in [-0.1, -0.05) is 19.3 Å². The van der Waals surface area contributed by atoms with Gasteiger partial charge in [-0.05, 0) is 31.7 Å². The minimum atomic E-state index is -0.817. The van der Waals surface area contributed by atoms with Crippen LogP contribution < -0.4 is 10.2 Å². The van der Waals surface area contributed by atoms with Crippen molar-refractivity contribution in [3.05, 3.63) is 29.3 Å². The molecule has 28 heavy (non-hydrogen) atoms. The van der Waals surface area contributed by atoms with E-state index in [4.69, 9.17) is 0 Å². The van der Waals surface area contributed by atoms with Crippen molar-refractivity contribution in [2.45, 2.75) is 56.9 Å². The molecule has 4 amide bonds. The highest BCUT2D eigenvalue weighted by atomic mass is 19.1. The topological polar surface area (TPSA) is 69.7 Å². The lowest BCUT2D eigenvalue weighted by atomic mass is 9.82. The molecule has 1 saturated heterocycles. The SMILES string of the molecule is O=C1NC2(CCCCC2)C(=O)N1CCC(=O)N1CCCc2c(F)cc(F)cc21. The van der Waals surface area contributed by atoms with Crippen molar-refractivity contribution in [3.8, 4) is 0 Å². The maximum absolute atomic E-state index is 14.0. The number of urea groups is 1. The second kappa shape index (κ2) is 7.14. The van der Waals surface area contributed by atoms with Gasteiger partial charge >= 0.3 is 6.03 Å². The molecule has 6 nitrogen and oxygen atoms in total. The largest absolute Gasteiger partial charge is 0.325 e. The van der Waals surface area contributed by atoms with Crippen molar-refractivity contribution in [1.82, 2.24) is 10.2 Å². The first-order valence-corrected chi connectivity index (χ1v) is 9.84. The van der Waals surface area contributed by atoms with Gasteiger partial charge in [-0.25, -0.2) is 13.6 Å². The predicted octanol–water partition coefficient (Wildman–Crippen LogP) is 2.89. The highest BCUT2D eigenvalue weighted by molar-refractivity contribution is 6.07. The van der Waals surface area contributed by atoms with E-state index in [1.54, 1.807) is 0 Å². The molecule has 0 radical (unpaired) electrons. The van der Waals surface area contributed by atoms with Crippen molar-refractivity contribution < 1.29 is 23.2 Å². The molecular weight excluding hydrogens is 368 g/mol. The first-order valence-electron chi connectivity index (χ1n) is 9.84.